The normalized spacial score (nSPS) is 15.2. The van der Waals surface area contributed by atoms with Crippen molar-refractivity contribution in [3.05, 3.63) is 39.9 Å². The van der Waals surface area contributed by atoms with Gasteiger partial charge in [-0.1, -0.05) is 0 Å². The fraction of sp³-hybridized carbons (Fsp3) is 0.333. The highest BCUT2D eigenvalue weighted by Gasteiger charge is 2.17. The van der Waals surface area contributed by atoms with Crippen LogP contribution in [0.2, 0.25) is 0 Å². The molecule has 76 valence electrons. The van der Waals surface area contributed by atoms with Gasteiger partial charge in [-0.15, -0.1) is 0 Å². The van der Waals surface area contributed by atoms with Crippen molar-refractivity contribution in [1.82, 2.24) is 4.98 Å². The van der Waals surface area contributed by atoms with Gasteiger partial charge in [0.05, 0.1) is 0 Å². The lowest BCUT2D eigenvalue weighted by Gasteiger charge is -2.15. The second-order valence-corrected chi connectivity index (χ2v) is 3.91. The van der Waals surface area contributed by atoms with Crippen molar-refractivity contribution >= 4 is 11.1 Å². The third kappa shape index (κ3) is 1.27. The maximum Gasteiger partial charge on any atom is 0.341 e. The van der Waals surface area contributed by atoms with Crippen LogP contribution in [0.3, 0.4) is 0 Å². The van der Waals surface area contributed by atoms with Crippen molar-refractivity contribution in [2.45, 2.75) is 25.7 Å². The van der Waals surface area contributed by atoms with Gasteiger partial charge in [0.15, 0.2) is 0 Å². The summed E-state index contributed by atoms with van der Waals surface area (Å²) in [6, 6.07) is 3.87. The molecule has 0 saturated heterocycles. The molecule has 0 amide bonds. The Hall–Kier alpha value is -1.64. The molecule has 0 spiro atoms. The third-order valence-electron chi connectivity index (χ3n) is 3.00. The highest BCUT2D eigenvalue weighted by Crippen LogP contribution is 2.25. The first-order valence-electron chi connectivity index (χ1n) is 5.26. The Kier molecular flexibility index (Phi) is 1.84. The van der Waals surface area contributed by atoms with Gasteiger partial charge >= 0.3 is 5.63 Å². The molecule has 3 heteroatoms. The molecule has 2 aromatic rings. The number of hydrogen-bond acceptors (Lipinski definition) is 3. The lowest BCUT2D eigenvalue weighted by molar-refractivity contribution is 0.524. The lowest BCUT2D eigenvalue weighted by atomic mass is 9.91. The highest BCUT2D eigenvalue weighted by atomic mass is 16.4. The van der Waals surface area contributed by atoms with E-state index in [0.717, 1.165) is 42.2 Å². The molecule has 0 bridgehead atoms. The van der Waals surface area contributed by atoms with Gasteiger partial charge in [0, 0.05) is 17.1 Å². The fourth-order valence-electron chi connectivity index (χ4n) is 2.28. The van der Waals surface area contributed by atoms with Crippen LogP contribution >= 0.6 is 0 Å². The number of pyridine rings is 1. The van der Waals surface area contributed by atoms with E-state index in [-0.39, 0.29) is 5.63 Å². The van der Waals surface area contributed by atoms with Crippen LogP contribution in [0.25, 0.3) is 11.1 Å². The molecule has 2 heterocycles. The predicted molar refractivity (Wildman–Crippen MR) is 56.9 cm³/mol. The van der Waals surface area contributed by atoms with Crippen LogP contribution in [-0.4, -0.2) is 4.98 Å². The van der Waals surface area contributed by atoms with Gasteiger partial charge in [0.25, 0.3) is 0 Å². The Labute approximate surface area is 86.8 Å². The Morgan fingerprint density at radius 2 is 2.00 bits per heavy atom. The van der Waals surface area contributed by atoms with Crippen molar-refractivity contribution in [2.75, 3.05) is 0 Å². The molecule has 0 radical (unpaired) electrons. The van der Waals surface area contributed by atoms with Crippen LogP contribution in [0.1, 0.15) is 24.0 Å². The number of nitrogens with zero attached hydrogens (tertiary/aromatic N) is 1. The van der Waals surface area contributed by atoms with E-state index in [4.69, 9.17) is 4.42 Å². The highest BCUT2D eigenvalue weighted by molar-refractivity contribution is 5.77. The number of aromatic nitrogens is 1. The molecular weight excluding hydrogens is 190 g/mol. The first-order chi connectivity index (χ1) is 7.36. The van der Waals surface area contributed by atoms with E-state index < -0.39 is 0 Å². The minimum atomic E-state index is -0.198. The Morgan fingerprint density at radius 1 is 1.20 bits per heavy atom. The average Bonchev–Trinajstić information content (AvgIpc) is 2.30. The van der Waals surface area contributed by atoms with E-state index in [1.807, 2.05) is 12.1 Å². The largest absolute Gasteiger partial charge is 0.403 e. The SMILES string of the molecule is O=c1oc2ncccc2c2c1CCCC2. The minimum Gasteiger partial charge on any atom is -0.403 e. The van der Waals surface area contributed by atoms with Crippen LogP contribution in [0.15, 0.2) is 27.5 Å². The van der Waals surface area contributed by atoms with Crippen LogP contribution in [0.4, 0.5) is 0 Å². The first kappa shape index (κ1) is 8.65. The Morgan fingerprint density at radius 3 is 2.87 bits per heavy atom. The fourth-order valence-corrected chi connectivity index (χ4v) is 2.28. The number of fused-ring (bicyclic) bond motifs is 3. The first-order valence-corrected chi connectivity index (χ1v) is 5.26. The van der Waals surface area contributed by atoms with E-state index in [1.54, 1.807) is 6.20 Å². The molecule has 0 atom stereocenters. The van der Waals surface area contributed by atoms with Gasteiger partial charge in [-0.25, -0.2) is 9.78 Å². The molecule has 0 N–H and O–H groups in total. The number of aryl methyl sites for hydroxylation is 1. The van der Waals surface area contributed by atoms with Crippen molar-refractivity contribution in [3.63, 3.8) is 0 Å². The van der Waals surface area contributed by atoms with E-state index in [9.17, 15) is 4.79 Å². The summed E-state index contributed by atoms with van der Waals surface area (Å²) >= 11 is 0. The van der Waals surface area contributed by atoms with Crippen LogP contribution in [0.5, 0.6) is 0 Å². The smallest absolute Gasteiger partial charge is 0.341 e. The van der Waals surface area contributed by atoms with Gasteiger partial charge in [0.1, 0.15) is 0 Å². The predicted octanol–water partition coefficient (Wildman–Crippen LogP) is 2.07. The van der Waals surface area contributed by atoms with Gasteiger partial charge < -0.3 is 4.42 Å². The summed E-state index contributed by atoms with van der Waals surface area (Å²) in [5.41, 5.74) is 2.29. The summed E-state index contributed by atoms with van der Waals surface area (Å²) < 4.78 is 5.19. The molecule has 0 saturated carbocycles. The van der Waals surface area contributed by atoms with Crippen LogP contribution in [-0.2, 0) is 12.8 Å². The Balaban J connectivity index is 2.44. The molecule has 1 aliphatic rings. The molecule has 2 aromatic heterocycles. The maximum atomic E-state index is 11.7. The van der Waals surface area contributed by atoms with Crippen LogP contribution < -0.4 is 5.63 Å². The standard InChI is InChI=1S/C12H11NO2/c14-12-10-5-2-1-4-8(10)9-6-3-7-13-11(9)15-12/h3,6-7H,1-2,4-5H2. The van der Waals surface area contributed by atoms with Gasteiger partial charge in [-0.2, -0.15) is 0 Å². The zero-order chi connectivity index (χ0) is 10.3. The summed E-state index contributed by atoms with van der Waals surface area (Å²) in [4.78, 5) is 15.8. The molecule has 0 aliphatic heterocycles. The summed E-state index contributed by atoms with van der Waals surface area (Å²) in [6.45, 7) is 0. The summed E-state index contributed by atoms with van der Waals surface area (Å²) in [5.74, 6) is 0. The number of hydrogen-bond donors (Lipinski definition) is 0. The van der Waals surface area contributed by atoms with Crippen LogP contribution in [0, 0.1) is 0 Å². The van der Waals surface area contributed by atoms with E-state index >= 15 is 0 Å². The average molecular weight is 201 g/mol. The zero-order valence-corrected chi connectivity index (χ0v) is 8.32. The van der Waals surface area contributed by atoms with Gasteiger partial charge in [-0.3, -0.25) is 0 Å². The molecule has 1 aliphatic carbocycles. The van der Waals surface area contributed by atoms with Crippen molar-refractivity contribution < 1.29 is 4.42 Å². The molecule has 0 unspecified atom stereocenters. The molecule has 0 fully saturated rings. The minimum absolute atomic E-state index is 0.198. The molecule has 3 nitrogen and oxygen atoms in total. The van der Waals surface area contributed by atoms with Gasteiger partial charge in [0.2, 0.25) is 5.71 Å². The molecule has 15 heavy (non-hydrogen) atoms. The van der Waals surface area contributed by atoms with E-state index in [1.165, 1.54) is 0 Å². The third-order valence-corrected chi connectivity index (χ3v) is 3.00. The summed E-state index contributed by atoms with van der Waals surface area (Å²) in [5, 5.41) is 1.01. The topological polar surface area (TPSA) is 43.1 Å². The molecular formula is C12H11NO2. The second kappa shape index (κ2) is 3.19. The lowest BCUT2D eigenvalue weighted by Crippen LogP contribution is -2.16. The van der Waals surface area contributed by atoms with E-state index in [0.29, 0.717) is 5.71 Å². The quantitative estimate of drug-likeness (QED) is 0.655. The summed E-state index contributed by atoms with van der Waals surface area (Å²) in [6.07, 6.45) is 5.72. The van der Waals surface area contributed by atoms with Crippen molar-refractivity contribution in [3.8, 4) is 0 Å². The van der Waals surface area contributed by atoms with Crippen molar-refractivity contribution in [2.24, 2.45) is 0 Å². The monoisotopic (exact) mass is 201 g/mol. The molecule has 0 aromatic carbocycles. The molecule has 3 rings (SSSR count). The number of rotatable bonds is 0. The van der Waals surface area contributed by atoms with E-state index in [2.05, 4.69) is 4.98 Å². The Bertz CT molecular complexity index is 571. The maximum absolute atomic E-state index is 11.7. The van der Waals surface area contributed by atoms with Gasteiger partial charge in [-0.05, 0) is 43.4 Å². The summed E-state index contributed by atoms with van der Waals surface area (Å²) in [7, 11) is 0. The van der Waals surface area contributed by atoms with Crippen molar-refractivity contribution in [1.29, 1.82) is 0 Å². The zero-order valence-electron chi connectivity index (χ0n) is 8.32. The second-order valence-electron chi connectivity index (χ2n) is 3.91.